The van der Waals surface area contributed by atoms with Crippen molar-refractivity contribution >= 4 is 5.97 Å². The van der Waals surface area contributed by atoms with Crippen LogP contribution in [0.15, 0.2) is 36.7 Å². The fourth-order valence-corrected chi connectivity index (χ4v) is 1.56. The molecule has 0 bridgehead atoms. The number of hydrogen-bond donors (Lipinski definition) is 1. The second kappa shape index (κ2) is 4.74. The first-order valence-corrected chi connectivity index (χ1v) is 5.25. The number of nitrogens with zero attached hydrogens (tertiary/aromatic N) is 2. The number of carboxylic acid groups (broad SMARTS) is 1. The maximum atomic E-state index is 10.5. The van der Waals surface area contributed by atoms with Gasteiger partial charge in [0, 0.05) is 18.0 Å². The summed E-state index contributed by atoms with van der Waals surface area (Å²) in [5.74, 6) is -0.595. The molecule has 1 aromatic heterocycles. The molecule has 0 aliphatic rings. The number of benzene rings is 1. The third-order valence-electron chi connectivity index (χ3n) is 2.37. The van der Waals surface area contributed by atoms with Crippen molar-refractivity contribution in [3.63, 3.8) is 0 Å². The van der Waals surface area contributed by atoms with Gasteiger partial charge in [-0.05, 0) is 12.5 Å². The summed E-state index contributed by atoms with van der Waals surface area (Å²) in [4.78, 5) is 18.6. The first kappa shape index (κ1) is 11.3. The molecule has 0 amide bonds. The van der Waals surface area contributed by atoms with E-state index >= 15 is 0 Å². The van der Waals surface area contributed by atoms with Crippen LogP contribution >= 0.6 is 0 Å². The first-order chi connectivity index (χ1) is 8.15. The van der Waals surface area contributed by atoms with E-state index in [4.69, 9.17) is 5.11 Å². The van der Waals surface area contributed by atoms with Crippen LogP contribution < -0.4 is 0 Å². The van der Waals surface area contributed by atoms with Gasteiger partial charge < -0.3 is 5.11 Å². The molecule has 0 unspecified atom stereocenters. The summed E-state index contributed by atoms with van der Waals surface area (Å²) in [7, 11) is 0. The number of aryl methyl sites for hydroxylation is 1. The zero-order valence-corrected chi connectivity index (χ0v) is 9.42. The Kier molecular flexibility index (Phi) is 3.14. The van der Waals surface area contributed by atoms with Crippen LogP contribution in [0, 0.1) is 6.92 Å². The Balaban J connectivity index is 2.26. The fourth-order valence-electron chi connectivity index (χ4n) is 1.56. The van der Waals surface area contributed by atoms with E-state index in [1.54, 1.807) is 12.4 Å². The molecule has 1 aromatic carbocycles. The molecule has 1 N–H and O–H groups in total. The molecular formula is C13H12N2O2. The third kappa shape index (κ3) is 2.87. The number of carboxylic acids is 1. The summed E-state index contributed by atoms with van der Waals surface area (Å²) >= 11 is 0. The topological polar surface area (TPSA) is 63.1 Å². The van der Waals surface area contributed by atoms with Crippen molar-refractivity contribution in [3.8, 4) is 11.1 Å². The molecule has 1 heterocycles. The number of rotatable bonds is 3. The highest BCUT2D eigenvalue weighted by Crippen LogP contribution is 2.18. The minimum atomic E-state index is -0.923. The van der Waals surface area contributed by atoms with Gasteiger partial charge in [0.1, 0.15) is 12.2 Å². The molecule has 0 fully saturated rings. The average molecular weight is 228 g/mol. The van der Waals surface area contributed by atoms with E-state index in [-0.39, 0.29) is 6.42 Å². The van der Waals surface area contributed by atoms with Gasteiger partial charge in [-0.2, -0.15) is 0 Å². The normalized spacial score (nSPS) is 10.2. The summed E-state index contributed by atoms with van der Waals surface area (Å²) in [5, 5.41) is 8.61. The van der Waals surface area contributed by atoms with Crippen molar-refractivity contribution in [1.29, 1.82) is 0 Å². The molecule has 0 aliphatic heterocycles. The van der Waals surface area contributed by atoms with E-state index in [0.717, 1.165) is 16.7 Å². The van der Waals surface area contributed by atoms with E-state index in [0.29, 0.717) is 5.82 Å². The van der Waals surface area contributed by atoms with Crippen LogP contribution in [0.1, 0.15) is 11.4 Å². The van der Waals surface area contributed by atoms with Gasteiger partial charge >= 0.3 is 5.97 Å². The Morgan fingerprint density at radius 2 is 1.94 bits per heavy atom. The van der Waals surface area contributed by atoms with Gasteiger partial charge in [-0.3, -0.25) is 4.79 Å². The van der Waals surface area contributed by atoms with Crippen molar-refractivity contribution in [2.24, 2.45) is 0 Å². The van der Waals surface area contributed by atoms with E-state index in [9.17, 15) is 4.79 Å². The van der Waals surface area contributed by atoms with Crippen LogP contribution in [0.2, 0.25) is 0 Å². The van der Waals surface area contributed by atoms with Gasteiger partial charge in [0.25, 0.3) is 0 Å². The molecule has 2 rings (SSSR count). The van der Waals surface area contributed by atoms with Crippen LogP contribution in [-0.2, 0) is 11.2 Å². The van der Waals surface area contributed by atoms with E-state index in [1.807, 2.05) is 31.2 Å². The fraction of sp³-hybridized carbons (Fsp3) is 0.154. The summed E-state index contributed by atoms with van der Waals surface area (Å²) in [6.45, 7) is 2.02. The van der Waals surface area contributed by atoms with Gasteiger partial charge in [0.2, 0.25) is 0 Å². The van der Waals surface area contributed by atoms with E-state index < -0.39 is 5.97 Å². The molecule has 4 nitrogen and oxygen atoms in total. The van der Waals surface area contributed by atoms with Crippen molar-refractivity contribution in [1.82, 2.24) is 9.97 Å². The number of aliphatic carboxylic acids is 1. The molecule has 0 aliphatic carbocycles. The lowest BCUT2D eigenvalue weighted by Gasteiger charge is -2.02. The molecule has 0 radical (unpaired) electrons. The predicted octanol–water partition coefficient (Wildman–Crippen LogP) is 2.08. The molecule has 2 aromatic rings. The maximum Gasteiger partial charge on any atom is 0.311 e. The summed E-state index contributed by atoms with van der Waals surface area (Å²) in [6, 6.07) is 8.00. The molecule has 0 saturated carbocycles. The Bertz CT molecular complexity index is 535. The lowest BCUT2D eigenvalue weighted by atomic mass is 10.1. The molecule has 0 atom stereocenters. The van der Waals surface area contributed by atoms with E-state index in [1.165, 1.54) is 0 Å². The van der Waals surface area contributed by atoms with Gasteiger partial charge in [0.15, 0.2) is 0 Å². The lowest BCUT2D eigenvalue weighted by Crippen LogP contribution is -2.04. The largest absolute Gasteiger partial charge is 0.481 e. The smallest absolute Gasteiger partial charge is 0.311 e. The van der Waals surface area contributed by atoms with Crippen LogP contribution in [0.4, 0.5) is 0 Å². The van der Waals surface area contributed by atoms with Gasteiger partial charge in [-0.25, -0.2) is 9.97 Å². The maximum absolute atomic E-state index is 10.5. The molecule has 86 valence electrons. The monoisotopic (exact) mass is 228 g/mol. The SMILES string of the molecule is Cc1cccc(-c2cnc(CC(=O)O)nc2)c1. The Morgan fingerprint density at radius 3 is 2.53 bits per heavy atom. The van der Waals surface area contributed by atoms with Crippen molar-refractivity contribution in [3.05, 3.63) is 48.0 Å². The molecular weight excluding hydrogens is 216 g/mol. The Morgan fingerprint density at radius 1 is 1.24 bits per heavy atom. The van der Waals surface area contributed by atoms with Crippen LogP contribution in [-0.4, -0.2) is 21.0 Å². The minimum absolute atomic E-state index is 0.145. The van der Waals surface area contributed by atoms with Crippen LogP contribution in [0.25, 0.3) is 11.1 Å². The van der Waals surface area contributed by atoms with Crippen LogP contribution in [0.5, 0.6) is 0 Å². The average Bonchev–Trinajstić information content (AvgIpc) is 2.29. The standard InChI is InChI=1S/C13H12N2O2/c1-9-3-2-4-10(5-9)11-7-14-12(15-8-11)6-13(16)17/h2-5,7-8H,6H2,1H3,(H,16,17). The summed E-state index contributed by atoms with van der Waals surface area (Å²) in [6.07, 6.45) is 3.16. The quantitative estimate of drug-likeness (QED) is 0.873. The van der Waals surface area contributed by atoms with Gasteiger partial charge in [0.05, 0.1) is 0 Å². The van der Waals surface area contributed by atoms with Crippen molar-refractivity contribution in [2.75, 3.05) is 0 Å². The number of carbonyl (C=O) groups is 1. The summed E-state index contributed by atoms with van der Waals surface area (Å²) < 4.78 is 0. The Labute approximate surface area is 99.0 Å². The predicted molar refractivity (Wildman–Crippen MR) is 63.5 cm³/mol. The Hall–Kier alpha value is -2.23. The van der Waals surface area contributed by atoms with Gasteiger partial charge in [-0.15, -0.1) is 0 Å². The second-order valence-corrected chi connectivity index (χ2v) is 3.83. The van der Waals surface area contributed by atoms with Crippen molar-refractivity contribution < 1.29 is 9.90 Å². The van der Waals surface area contributed by atoms with Crippen molar-refractivity contribution in [2.45, 2.75) is 13.3 Å². The highest BCUT2D eigenvalue weighted by atomic mass is 16.4. The third-order valence-corrected chi connectivity index (χ3v) is 2.37. The zero-order valence-electron chi connectivity index (χ0n) is 9.42. The van der Waals surface area contributed by atoms with Gasteiger partial charge in [-0.1, -0.05) is 29.8 Å². The first-order valence-electron chi connectivity index (χ1n) is 5.25. The van der Waals surface area contributed by atoms with E-state index in [2.05, 4.69) is 9.97 Å². The zero-order chi connectivity index (χ0) is 12.3. The highest BCUT2D eigenvalue weighted by Gasteiger charge is 2.04. The number of aromatic nitrogens is 2. The molecule has 17 heavy (non-hydrogen) atoms. The highest BCUT2D eigenvalue weighted by molar-refractivity contribution is 5.69. The minimum Gasteiger partial charge on any atom is -0.481 e. The number of hydrogen-bond acceptors (Lipinski definition) is 3. The summed E-state index contributed by atoms with van der Waals surface area (Å²) in [5.41, 5.74) is 3.09. The van der Waals surface area contributed by atoms with Crippen LogP contribution in [0.3, 0.4) is 0 Å². The molecule has 4 heteroatoms. The molecule has 0 saturated heterocycles. The second-order valence-electron chi connectivity index (χ2n) is 3.83. The lowest BCUT2D eigenvalue weighted by molar-refractivity contribution is -0.136. The molecule has 0 spiro atoms.